The Hall–Kier alpha value is -3.73. The van der Waals surface area contributed by atoms with E-state index in [1.54, 1.807) is 6.07 Å². The molecule has 3 aromatic carbocycles. The Labute approximate surface area is 173 Å². The third-order valence-corrected chi connectivity index (χ3v) is 5.25. The molecule has 5 rings (SSSR count). The van der Waals surface area contributed by atoms with Crippen LogP contribution in [0.25, 0.3) is 33.4 Å². The maximum Gasteiger partial charge on any atom is 0.128 e. The third kappa shape index (κ3) is 3.18. The number of rotatable bonds is 5. The molecular weight excluding hydrogens is 377 g/mol. The topological polar surface area (TPSA) is 39.9 Å². The summed E-state index contributed by atoms with van der Waals surface area (Å²) in [6, 6.07) is 22.8. The molecule has 5 heteroatoms. The molecule has 0 amide bonds. The average molecular weight is 397 g/mol. The molecule has 148 valence electrons. The highest BCUT2D eigenvalue weighted by atomic mass is 19.1. The molecule has 0 unspecified atom stereocenters. The molecule has 0 saturated heterocycles. The summed E-state index contributed by atoms with van der Waals surface area (Å²) in [4.78, 5) is 0. The predicted octanol–water partition coefficient (Wildman–Crippen LogP) is 5.79. The molecule has 0 fully saturated rings. The van der Waals surface area contributed by atoms with E-state index in [9.17, 15) is 4.39 Å². The lowest BCUT2D eigenvalue weighted by Gasteiger charge is -2.15. The number of pyridine rings is 1. The van der Waals surface area contributed by atoms with Crippen molar-refractivity contribution in [1.29, 1.82) is 0 Å². The molecule has 2 aliphatic heterocycles. The van der Waals surface area contributed by atoms with E-state index in [1.807, 2.05) is 73.8 Å². The molecule has 0 radical (unpaired) electrons. The molecule has 0 spiro atoms. The summed E-state index contributed by atoms with van der Waals surface area (Å²) in [6.45, 7) is 3.01. The lowest BCUT2D eigenvalue weighted by atomic mass is 10.0. The second-order valence-corrected chi connectivity index (χ2v) is 7.13. The fourth-order valence-corrected chi connectivity index (χ4v) is 3.82. The Balaban J connectivity index is 1.66. The van der Waals surface area contributed by atoms with Crippen molar-refractivity contribution in [1.82, 2.24) is 14.8 Å². The van der Waals surface area contributed by atoms with Gasteiger partial charge in [-0.1, -0.05) is 36.4 Å². The van der Waals surface area contributed by atoms with Gasteiger partial charge in [0.05, 0.1) is 18.7 Å². The van der Waals surface area contributed by atoms with Gasteiger partial charge in [0, 0.05) is 28.3 Å². The van der Waals surface area contributed by atoms with Crippen LogP contribution in [-0.4, -0.2) is 21.4 Å². The predicted molar refractivity (Wildman–Crippen MR) is 116 cm³/mol. The van der Waals surface area contributed by atoms with E-state index in [0.29, 0.717) is 18.7 Å². The van der Waals surface area contributed by atoms with Gasteiger partial charge in [-0.15, -0.1) is 10.2 Å². The third-order valence-electron chi connectivity index (χ3n) is 5.25. The fourth-order valence-electron chi connectivity index (χ4n) is 3.82. The number of nitrogens with zero attached hydrogens (tertiary/aromatic N) is 3. The number of fused-ring (bicyclic) bond motifs is 3. The van der Waals surface area contributed by atoms with Gasteiger partial charge in [-0.05, 0) is 43.3 Å². The van der Waals surface area contributed by atoms with E-state index in [4.69, 9.17) is 4.74 Å². The zero-order valence-corrected chi connectivity index (χ0v) is 16.5. The lowest BCUT2D eigenvalue weighted by molar-refractivity contribution is 0.340. The van der Waals surface area contributed by atoms with E-state index in [2.05, 4.69) is 14.8 Å². The van der Waals surface area contributed by atoms with Gasteiger partial charge in [-0.2, -0.15) is 0 Å². The first kappa shape index (κ1) is 18.3. The normalized spacial score (nSPS) is 11.3. The summed E-state index contributed by atoms with van der Waals surface area (Å²) in [5.41, 5.74) is 5.19. The molecule has 2 heterocycles. The van der Waals surface area contributed by atoms with Gasteiger partial charge in [0.25, 0.3) is 0 Å². The number of halogens is 1. The Morgan fingerprint density at radius 3 is 2.40 bits per heavy atom. The Morgan fingerprint density at radius 1 is 0.867 bits per heavy atom. The molecule has 0 N–H and O–H groups in total. The largest absolute Gasteiger partial charge is 0.494 e. The van der Waals surface area contributed by atoms with E-state index in [1.165, 1.54) is 6.07 Å². The number of hydrogen-bond donors (Lipinski definition) is 0. The van der Waals surface area contributed by atoms with Crippen molar-refractivity contribution in [2.24, 2.45) is 0 Å². The first-order chi connectivity index (χ1) is 14.7. The molecule has 0 bridgehead atoms. The molecule has 4 nitrogen and oxygen atoms in total. The van der Waals surface area contributed by atoms with Gasteiger partial charge in [0.2, 0.25) is 0 Å². The van der Waals surface area contributed by atoms with Crippen LogP contribution in [0.3, 0.4) is 0 Å². The minimum absolute atomic E-state index is 0.209. The molecule has 30 heavy (non-hydrogen) atoms. The van der Waals surface area contributed by atoms with Crippen molar-refractivity contribution >= 4 is 10.9 Å². The monoisotopic (exact) mass is 397 g/mol. The Morgan fingerprint density at radius 2 is 1.60 bits per heavy atom. The average Bonchev–Trinajstić information content (AvgIpc) is 3.20. The van der Waals surface area contributed by atoms with Crippen LogP contribution in [0, 0.1) is 5.82 Å². The molecule has 3 aromatic rings. The van der Waals surface area contributed by atoms with Crippen LogP contribution in [0.5, 0.6) is 5.75 Å². The standard InChI is InChI=1S/C25H20FN3O/c1-2-30-19-13-11-17(12-14-19)24-21-16-29(15-18-7-3-5-9-22(18)26)23-10-6-4-8-20(23)25(21)28-27-24/h3-14,16H,2,15H2,1H3. The molecular formula is C25H20FN3O. The number of benzene rings is 3. The first-order valence-electron chi connectivity index (χ1n) is 9.95. The van der Waals surface area contributed by atoms with E-state index in [-0.39, 0.29) is 5.82 Å². The fraction of sp³-hybridized carbons (Fsp3) is 0.120. The van der Waals surface area contributed by atoms with Crippen LogP contribution in [0.2, 0.25) is 0 Å². The van der Waals surface area contributed by atoms with Crippen LogP contribution in [0.4, 0.5) is 4.39 Å². The molecule has 0 saturated carbocycles. The second kappa shape index (κ2) is 7.59. The minimum Gasteiger partial charge on any atom is -0.494 e. The number of ether oxygens (including phenoxy) is 1. The van der Waals surface area contributed by atoms with Crippen LogP contribution in [0.15, 0.2) is 79.0 Å². The van der Waals surface area contributed by atoms with Gasteiger partial charge < -0.3 is 9.30 Å². The zero-order chi connectivity index (χ0) is 20.5. The summed E-state index contributed by atoms with van der Waals surface area (Å²) in [6.07, 6.45) is 2.02. The molecule has 0 atom stereocenters. The number of para-hydroxylation sites is 1. The maximum atomic E-state index is 14.3. The van der Waals surface area contributed by atoms with Crippen molar-refractivity contribution in [2.75, 3.05) is 6.61 Å². The lowest BCUT2D eigenvalue weighted by Crippen LogP contribution is -2.05. The highest BCUT2D eigenvalue weighted by Crippen LogP contribution is 2.37. The highest BCUT2D eigenvalue weighted by molar-refractivity contribution is 5.98. The maximum absolute atomic E-state index is 14.3. The number of hydrogen-bond acceptors (Lipinski definition) is 3. The van der Waals surface area contributed by atoms with E-state index in [0.717, 1.165) is 39.2 Å². The summed E-state index contributed by atoms with van der Waals surface area (Å²) >= 11 is 0. The van der Waals surface area contributed by atoms with Crippen molar-refractivity contribution in [2.45, 2.75) is 13.5 Å². The second-order valence-electron chi connectivity index (χ2n) is 7.13. The van der Waals surface area contributed by atoms with Gasteiger partial charge in [-0.25, -0.2) is 4.39 Å². The molecule has 2 aliphatic rings. The quantitative estimate of drug-likeness (QED) is 0.377. The minimum atomic E-state index is -0.209. The summed E-state index contributed by atoms with van der Waals surface area (Å²) in [5.74, 6) is 0.616. The SMILES string of the molecule is CCOc1ccc(-c2nnc3c4ccccc4n(Cc4ccccc4F)cc2-3)cc1. The van der Waals surface area contributed by atoms with Crippen molar-refractivity contribution in [3.05, 3.63) is 90.4 Å². The van der Waals surface area contributed by atoms with E-state index < -0.39 is 0 Å². The summed E-state index contributed by atoms with van der Waals surface area (Å²) in [7, 11) is 0. The van der Waals surface area contributed by atoms with Gasteiger partial charge in [-0.3, -0.25) is 0 Å². The van der Waals surface area contributed by atoms with Crippen molar-refractivity contribution in [3.8, 4) is 28.3 Å². The number of aromatic nitrogens is 3. The Bertz CT molecular complexity index is 1290. The van der Waals surface area contributed by atoms with Crippen LogP contribution < -0.4 is 4.74 Å². The molecule has 0 aromatic heterocycles. The van der Waals surface area contributed by atoms with Crippen molar-refractivity contribution in [3.63, 3.8) is 0 Å². The van der Waals surface area contributed by atoms with Crippen LogP contribution in [-0.2, 0) is 6.54 Å². The van der Waals surface area contributed by atoms with Crippen LogP contribution >= 0.6 is 0 Å². The highest BCUT2D eigenvalue weighted by Gasteiger charge is 2.20. The Kier molecular flexibility index (Phi) is 4.64. The summed E-state index contributed by atoms with van der Waals surface area (Å²) < 4.78 is 21.9. The smallest absolute Gasteiger partial charge is 0.128 e. The molecule has 0 aliphatic carbocycles. The van der Waals surface area contributed by atoms with Crippen molar-refractivity contribution < 1.29 is 9.13 Å². The first-order valence-corrected chi connectivity index (χ1v) is 9.95. The van der Waals surface area contributed by atoms with Gasteiger partial charge in [0.15, 0.2) is 0 Å². The van der Waals surface area contributed by atoms with Gasteiger partial charge >= 0.3 is 0 Å². The summed E-state index contributed by atoms with van der Waals surface area (Å²) in [5, 5.41) is 9.95. The van der Waals surface area contributed by atoms with Crippen LogP contribution in [0.1, 0.15) is 12.5 Å². The zero-order valence-electron chi connectivity index (χ0n) is 16.5. The van der Waals surface area contributed by atoms with E-state index >= 15 is 0 Å². The van der Waals surface area contributed by atoms with Gasteiger partial charge in [0.1, 0.15) is 23.0 Å².